The van der Waals surface area contributed by atoms with E-state index >= 15 is 0 Å². The van der Waals surface area contributed by atoms with Gasteiger partial charge in [-0.1, -0.05) is 71.9 Å². The predicted octanol–water partition coefficient (Wildman–Crippen LogP) is 7.82. The van der Waals surface area contributed by atoms with E-state index in [2.05, 4.69) is 48.4 Å². The van der Waals surface area contributed by atoms with Crippen molar-refractivity contribution < 1.29 is 9.52 Å². The smallest absolute Gasteiger partial charge is 0.218 e. The molecular formula is C32H31Cl2N3O2S. The topological polar surface area (TPSA) is 62.4 Å². The van der Waals surface area contributed by atoms with Crippen LogP contribution in [-0.4, -0.2) is 45.0 Å². The molecule has 2 aromatic heterocycles. The summed E-state index contributed by atoms with van der Waals surface area (Å²) in [4.78, 5) is 11.1. The second-order valence-electron chi connectivity index (χ2n) is 10.8. The lowest BCUT2D eigenvalue weighted by Gasteiger charge is -2.43. The van der Waals surface area contributed by atoms with Crippen molar-refractivity contribution in [2.24, 2.45) is 0 Å². The zero-order valence-electron chi connectivity index (χ0n) is 22.5. The first kappa shape index (κ1) is 27.6. The van der Waals surface area contributed by atoms with E-state index in [0.29, 0.717) is 33.5 Å². The minimum absolute atomic E-state index is 0.139. The van der Waals surface area contributed by atoms with Crippen molar-refractivity contribution in [1.82, 2.24) is 14.9 Å². The summed E-state index contributed by atoms with van der Waals surface area (Å²) in [5, 5.41) is 11.0. The van der Waals surface area contributed by atoms with Gasteiger partial charge in [0.2, 0.25) is 5.89 Å². The third kappa shape index (κ3) is 4.90. The monoisotopic (exact) mass is 591 g/mol. The molecule has 2 unspecified atom stereocenters. The molecule has 40 heavy (non-hydrogen) atoms. The Kier molecular flexibility index (Phi) is 7.57. The molecule has 8 heteroatoms. The normalized spacial score (nSPS) is 24.0. The fourth-order valence-corrected chi connectivity index (χ4v) is 7.73. The van der Waals surface area contributed by atoms with Gasteiger partial charge in [-0.2, -0.15) is 0 Å². The average molecular weight is 593 g/mol. The maximum absolute atomic E-state index is 9.74. The van der Waals surface area contributed by atoms with Gasteiger partial charge in [0.05, 0.1) is 21.5 Å². The first-order valence-electron chi connectivity index (χ1n) is 13.5. The molecule has 2 atom stereocenters. The summed E-state index contributed by atoms with van der Waals surface area (Å²) < 4.78 is 5.50. The number of benzene rings is 2. The van der Waals surface area contributed by atoms with Gasteiger partial charge in [-0.15, -0.1) is 11.6 Å². The molecule has 1 aliphatic carbocycles. The van der Waals surface area contributed by atoms with Gasteiger partial charge in [0.25, 0.3) is 0 Å². The fraction of sp³-hybridized carbons (Fsp3) is 0.312. The Bertz CT molecular complexity index is 1590. The van der Waals surface area contributed by atoms with Crippen LogP contribution in [0.3, 0.4) is 0 Å². The van der Waals surface area contributed by atoms with Crippen molar-refractivity contribution in [3.05, 3.63) is 107 Å². The summed E-state index contributed by atoms with van der Waals surface area (Å²) in [5.41, 5.74) is 5.00. The second-order valence-corrected chi connectivity index (χ2v) is 13.2. The van der Waals surface area contributed by atoms with Crippen molar-refractivity contribution in [1.29, 1.82) is 0 Å². The van der Waals surface area contributed by atoms with E-state index < -0.39 is 9.62 Å². The minimum atomic E-state index is -0.966. The molecule has 5 nitrogen and oxygen atoms in total. The van der Waals surface area contributed by atoms with Crippen molar-refractivity contribution >= 4 is 51.6 Å². The molecule has 2 aliphatic rings. The zero-order chi connectivity index (χ0) is 27.9. The molecule has 1 fully saturated rings. The van der Waals surface area contributed by atoms with Crippen LogP contribution in [-0.2, 0) is 11.4 Å². The number of hydrogen-bond acceptors (Lipinski definition) is 6. The third-order valence-corrected chi connectivity index (χ3v) is 10.5. The Morgan fingerprint density at radius 1 is 1.12 bits per heavy atom. The van der Waals surface area contributed by atoms with E-state index in [1.807, 2.05) is 37.4 Å². The molecular weight excluding hydrogens is 561 g/mol. The summed E-state index contributed by atoms with van der Waals surface area (Å²) in [7, 11) is 2.18. The van der Waals surface area contributed by atoms with Crippen molar-refractivity contribution in [2.45, 2.75) is 46.9 Å². The van der Waals surface area contributed by atoms with Crippen LogP contribution in [0.4, 0.5) is 0 Å². The van der Waals surface area contributed by atoms with Gasteiger partial charge >= 0.3 is 0 Å². The highest BCUT2D eigenvalue weighted by molar-refractivity contribution is 8.00. The number of rotatable bonds is 6. The number of likely N-dealkylation sites (tertiary alicyclic amines) is 1. The number of alkyl halides is 1. The Hall–Kier alpha value is -2.61. The Morgan fingerprint density at radius 2 is 1.90 bits per heavy atom. The number of hydrogen-bond donors (Lipinski definition) is 1. The quantitative estimate of drug-likeness (QED) is 0.231. The molecule has 4 aromatic rings. The summed E-state index contributed by atoms with van der Waals surface area (Å²) in [6, 6.07) is 18.0. The summed E-state index contributed by atoms with van der Waals surface area (Å²) in [5.74, 6) is 0.935. The highest BCUT2D eigenvalue weighted by atomic mass is 35.5. The SMILES string of the molecule is CN1CCC(c2ccnc(SC3(c4nc5cc(CO)cc(Cl)c5o4)C=CC=C(c4ccccc4)C3(C)Cl)c2)CC1. The second kappa shape index (κ2) is 11.0. The van der Waals surface area contributed by atoms with E-state index in [1.54, 1.807) is 23.9 Å². The van der Waals surface area contributed by atoms with Crippen LogP contribution >= 0.6 is 35.0 Å². The molecule has 0 saturated carbocycles. The van der Waals surface area contributed by atoms with Crippen LogP contribution in [0.15, 0.2) is 88.5 Å². The van der Waals surface area contributed by atoms with Crippen LogP contribution in [0.25, 0.3) is 16.7 Å². The van der Waals surface area contributed by atoms with Crippen molar-refractivity contribution in [3.63, 3.8) is 0 Å². The van der Waals surface area contributed by atoms with Crippen LogP contribution in [0.2, 0.25) is 5.02 Å². The van der Waals surface area contributed by atoms with E-state index in [9.17, 15) is 5.11 Å². The largest absolute Gasteiger partial charge is 0.437 e. The van der Waals surface area contributed by atoms with Gasteiger partial charge < -0.3 is 14.4 Å². The summed E-state index contributed by atoms with van der Waals surface area (Å²) in [6.45, 7) is 4.05. The van der Waals surface area contributed by atoms with Gasteiger partial charge in [0, 0.05) is 6.20 Å². The van der Waals surface area contributed by atoms with E-state index in [1.165, 1.54) is 5.56 Å². The highest BCUT2D eigenvalue weighted by Crippen LogP contribution is 2.59. The van der Waals surface area contributed by atoms with E-state index in [0.717, 1.165) is 42.1 Å². The maximum Gasteiger partial charge on any atom is 0.218 e. The number of halogens is 2. The van der Waals surface area contributed by atoms with Crippen LogP contribution < -0.4 is 0 Å². The van der Waals surface area contributed by atoms with Gasteiger partial charge in [0.15, 0.2) is 5.58 Å². The third-order valence-electron chi connectivity index (χ3n) is 8.10. The molecule has 0 bridgehead atoms. The molecule has 0 amide bonds. The van der Waals surface area contributed by atoms with Crippen LogP contribution in [0.1, 0.15) is 48.3 Å². The summed E-state index contributed by atoms with van der Waals surface area (Å²) in [6.07, 6.45) is 10.3. The number of pyridine rings is 1. The highest BCUT2D eigenvalue weighted by Gasteiger charge is 2.55. The number of aliphatic hydroxyl groups is 1. The molecule has 2 aromatic carbocycles. The molecule has 3 heterocycles. The van der Waals surface area contributed by atoms with Crippen LogP contribution in [0.5, 0.6) is 0 Å². The number of piperidine rings is 1. The maximum atomic E-state index is 9.74. The molecule has 1 saturated heterocycles. The van der Waals surface area contributed by atoms with Gasteiger partial charge in [0.1, 0.15) is 10.3 Å². The lowest BCUT2D eigenvalue weighted by atomic mass is 9.78. The molecule has 0 spiro atoms. The van der Waals surface area contributed by atoms with E-state index in [-0.39, 0.29) is 6.61 Å². The van der Waals surface area contributed by atoms with Crippen LogP contribution in [0, 0.1) is 0 Å². The van der Waals surface area contributed by atoms with Gasteiger partial charge in [-0.05, 0) is 92.3 Å². The standard InChI is InChI=1S/C32H31Cl2N3O2S/c1-31(34)25(23-7-4-3-5-8-23)9-6-13-32(31,30-36-27-18-21(20-38)17-26(33)29(27)39-30)40-28-19-24(10-14-35-28)22-11-15-37(2)16-12-22/h3-10,13-14,17-19,22,38H,11-12,15-16,20H2,1-2H3. The molecule has 206 valence electrons. The predicted molar refractivity (Wildman–Crippen MR) is 164 cm³/mol. The number of thioether (sulfide) groups is 1. The molecule has 1 N–H and O–H groups in total. The fourth-order valence-electron chi connectivity index (χ4n) is 5.76. The number of aromatic nitrogens is 2. The lowest BCUT2D eigenvalue weighted by molar-refractivity contribution is 0.255. The average Bonchev–Trinajstić information content (AvgIpc) is 3.40. The molecule has 6 rings (SSSR count). The number of nitrogens with zero attached hydrogens (tertiary/aromatic N) is 3. The number of aliphatic hydroxyl groups excluding tert-OH is 1. The van der Waals surface area contributed by atoms with Crippen molar-refractivity contribution in [3.8, 4) is 0 Å². The summed E-state index contributed by atoms with van der Waals surface area (Å²) >= 11 is 15.8. The Labute approximate surface area is 248 Å². The zero-order valence-corrected chi connectivity index (χ0v) is 24.8. The van der Waals surface area contributed by atoms with Gasteiger partial charge in [-0.3, -0.25) is 0 Å². The number of fused-ring (bicyclic) bond motifs is 1. The van der Waals surface area contributed by atoms with E-state index in [4.69, 9.17) is 37.6 Å². The Balaban J connectivity index is 1.48. The molecule has 1 aliphatic heterocycles. The number of allylic oxidation sites excluding steroid dienone is 3. The minimum Gasteiger partial charge on any atom is -0.437 e. The van der Waals surface area contributed by atoms with Crippen molar-refractivity contribution in [2.75, 3.05) is 20.1 Å². The first-order chi connectivity index (χ1) is 19.3. The molecule has 0 radical (unpaired) electrons. The number of oxazole rings is 1. The Morgan fingerprint density at radius 3 is 2.65 bits per heavy atom. The first-order valence-corrected chi connectivity index (χ1v) is 15.1. The van der Waals surface area contributed by atoms with Gasteiger partial charge in [-0.25, -0.2) is 9.97 Å². The lowest BCUT2D eigenvalue weighted by Crippen LogP contribution is -2.44.